The first-order chi connectivity index (χ1) is 18.2. The van der Waals surface area contributed by atoms with Gasteiger partial charge in [-0.2, -0.15) is 0 Å². The molecule has 1 N–H and O–H groups in total. The van der Waals surface area contributed by atoms with E-state index in [1.807, 2.05) is 54.6 Å². The molecule has 37 heavy (non-hydrogen) atoms. The summed E-state index contributed by atoms with van der Waals surface area (Å²) in [5, 5.41) is 0. The number of unbranched alkanes of at least 4 members (excludes halogenated alkanes) is 15. The Kier molecular flexibility index (Phi) is 18.7. The molecule has 0 saturated heterocycles. The SMILES string of the molecule is CCCCCCCCCCCCCCCCCCOc1ccc(C(Cc2ccccc2)[O][Sb](=[O])[OH])cc1. The Morgan fingerprint density at radius 3 is 1.65 bits per heavy atom. The molecule has 2 rings (SSSR count). The summed E-state index contributed by atoms with van der Waals surface area (Å²) in [4.78, 5) is 0. The number of hydrogen-bond donors (Lipinski definition) is 1. The summed E-state index contributed by atoms with van der Waals surface area (Å²) >= 11 is -3.81. The van der Waals surface area contributed by atoms with Crippen LogP contribution in [0.3, 0.4) is 0 Å². The first kappa shape index (κ1) is 32.0. The second-order valence-corrected chi connectivity index (χ2v) is 12.2. The molecule has 0 aliphatic carbocycles. The minimum atomic E-state index is -3.81. The monoisotopic (exact) mass is 619 g/mol. The molecule has 0 amide bonds. The van der Waals surface area contributed by atoms with Gasteiger partial charge in [-0.15, -0.1) is 0 Å². The molecular formula is C32H50O4Sb. The third-order valence-electron chi connectivity index (χ3n) is 7.00. The Bertz CT molecular complexity index is 809. The fourth-order valence-electron chi connectivity index (χ4n) is 4.77. The normalized spacial score (nSPS) is 11.9. The van der Waals surface area contributed by atoms with Gasteiger partial charge in [0.05, 0.1) is 0 Å². The summed E-state index contributed by atoms with van der Waals surface area (Å²) in [5.41, 5.74) is 1.98. The van der Waals surface area contributed by atoms with Crippen LogP contribution in [0.15, 0.2) is 54.6 Å². The number of rotatable bonds is 23. The molecule has 0 aliphatic heterocycles. The molecule has 0 fully saturated rings. The van der Waals surface area contributed by atoms with Crippen LogP contribution in [-0.2, 0) is 12.5 Å². The van der Waals surface area contributed by atoms with Gasteiger partial charge in [-0.3, -0.25) is 0 Å². The summed E-state index contributed by atoms with van der Waals surface area (Å²) in [7, 11) is 0. The van der Waals surface area contributed by atoms with E-state index in [0.29, 0.717) is 6.42 Å². The first-order valence-corrected chi connectivity index (χ1v) is 18.0. The molecule has 0 aromatic heterocycles. The van der Waals surface area contributed by atoms with Gasteiger partial charge < -0.3 is 0 Å². The topological polar surface area (TPSA) is 55.8 Å². The Labute approximate surface area is 234 Å². The van der Waals surface area contributed by atoms with Crippen LogP contribution in [0.4, 0.5) is 0 Å². The molecule has 2 aromatic rings. The third kappa shape index (κ3) is 16.4. The molecule has 4 nitrogen and oxygen atoms in total. The summed E-state index contributed by atoms with van der Waals surface area (Å²) in [5.74, 6) is 0.840. The van der Waals surface area contributed by atoms with Gasteiger partial charge in [-0.05, 0) is 0 Å². The summed E-state index contributed by atoms with van der Waals surface area (Å²) in [6, 6.07) is 17.7. The van der Waals surface area contributed by atoms with Gasteiger partial charge >= 0.3 is 151 Å². The Hall–Kier alpha value is -1.22. The van der Waals surface area contributed by atoms with Crippen molar-refractivity contribution in [3.05, 3.63) is 65.7 Å². The first-order valence-electron chi connectivity index (χ1n) is 14.8. The standard InChI is InChI=1S/C32H49O2.H2O.O.Sb/c1-2-3-4-5-6-7-8-9-10-11-12-13-14-15-16-20-27-34-31-25-23-30(24-26-31)32(33)28-29-21-18-17-19-22-29;;;/h17-19,21-26,32H,2-16,20,27-28H2,1H3;1H2;;/q-1;;;+2/p-1. The van der Waals surface area contributed by atoms with Crippen LogP contribution < -0.4 is 4.74 Å². The van der Waals surface area contributed by atoms with E-state index in [2.05, 4.69) is 6.92 Å². The van der Waals surface area contributed by atoms with Crippen molar-refractivity contribution in [2.24, 2.45) is 0 Å². The van der Waals surface area contributed by atoms with Crippen molar-refractivity contribution in [1.82, 2.24) is 0 Å². The maximum atomic E-state index is 11.4. The van der Waals surface area contributed by atoms with Gasteiger partial charge in [0.1, 0.15) is 0 Å². The molecule has 1 radical (unpaired) electrons. The van der Waals surface area contributed by atoms with Crippen LogP contribution >= 0.6 is 0 Å². The number of hydrogen-bond acceptors (Lipinski definition) is 3. The number of ether oxygens (including phenoxy) is 1. The van der Waals surface area contributed by atoms with Crippen molar-refractivity contribution in [1.29, 1.82) is 0 Å². The average molecular weight is 621 g/mol. The molecule has 207 valence electrons. The molecule has 0 aliphatic rings. The van der Waals surface area contributed by atoms with Crippen molar-refractivity contribution < 1.29 is 14.2 Å². The zero-order valence-electron chi connectivity index (χ0n) is 23.1. The zero-order chi connectivity index (χ0) is 26.4. The Balaban J connectivity index is 1.48. The second kappa shape index (κ2) is 21.7. The van der Waals surface area contributed by atoms with Crippen LogP contribution in [0.25, 0.3) is 0 Å². The van der Waals surface area contributed by atoms with Crippen molar-refractivity contribution >= 4 is 21.0 Å². The van der Waals surface area contributed by atoms with Gasteiger partial charge in [-0.25, -0.2) is 0 Å². The van der Waals surface area contributed by atoms with Gasteiger partial charge in [-0.1, -0.05) is 84.0 Å². The van der Waals surface area contributed by atoms with Crippen LogP contribution in [0, 0.1) is 0 Å². The third-order valence-corrected chi connectivity index (χ3v) is 8.24. The summed E-state index contributed by atoms with van der Waals surface area (Å²) in [6.45, 7) is 3.01. The van der Waals surface area contributed by atoms with E-state index in [-0.39, 0.29) is 0 Å². The van der Waals surface area contributed by atoms with E-state index in [1.165, 1.54) is 96.3 Å². The van der Waals surface area contributed by atoms with Crippen molar-refractivity contribution in [3.63, 3.8) is 0 Å². The zero-order valence-corrected chi connectivity index (χ0v) is 25.7. The van der Waals surface area contributed by atoms with Crippen LogP contribution in [0.1, 0.15) is 127 Å². The molecule has 1 atom stereocenters. The molecule has 0 bridgehead atoms. The predicted octanol–water partition coefficient (Wildman–Crippen LogP) is 9.04. The van der Waals surface area contributed by atoms with Crippen LogP contribution in [0.2, 0.25) is 0 Å². The van der Waals surface area contributed by atoms with Gasteiger partial charge in [0.15, 0.2) is 0 Å². The number of benzene rings is 2. The van der Waals surface area contributed by atoms with E-state index in [9.17, 15) is 6.40 Å². The molecule has 0 spiro atoms. The Morgan fingerprint density at radius 2 is 1.16 bits per heavy atom. The minimum absolute atomic E-state index is 0.415. The molecular weight excluding hydrogens is 570 g/mol. The maximum absolute atomic E-state index is 11.4. The van der Waals surface area contributed by atoms with Crippen LogP contribution in [-0.4, -0.2) is 31.0 Å². The molecule has 0 heterocycles. The summed E-state index contributed by atoms with van der Waals surface area (Å²) in [6.07, 6.45) is 22.0. The predicted molar refractivity (Wildman–Crippen MR) is 154 cm³/mol. The van der Waals surface area contributed by atoms with E-state index < -0.39 is 27.1 Å². The van der Waals surface area contributed by atoms with E-state index in [0.717, 1.165) is 29.9 Å². The quantitative estimate of drug-likeness (QED) is 0.0995. The van der Waals surface area contributed by atoms with Crippen molar-refractivity contribution in [2.75, 3.05) is 6.61 Å². The average Bonchev–Trinajstić information content (AvgIpc) is 2.91. The molecule has 1 unspecified atom stereocenters. The van der Waals surface area contributed by atoms with Crippen molar-refractivity contribution in [2.45, 2.75) is 122 Å². The second-order valence-electron chi connectivity index (χ2n) is 10.2. The molecule has 2 aromatic carbocycles. The van der Waals surface area contributed by atoms with Gasteiger partial charge in [0.2, 0.25) is 0 Å². The van der Waals surface area contributed by atoms with E-state index in [4.69, 9.17) is 7.75 Å². The Morgan fingerprint density at radius 1 is 0.676 bits per heavy atom. The van der Waals surface area contributed by atoms with Gasteiger partial charge in [0, 0.05) is 0 Å². The van der Waals surface area contributed by atoms with E-state index >= 15 is 0 Å². The fourth-order valence-corrected chi connectivity index (χ4v) is 5.95. The van der Waals surface area contributed by atoms with E-state index in [1.54, 1.807) is 0 Å². The molecule has 0 saturated carbocycles. The van der Waals surface area contributed by atoms with Crippen molar-refractivity contribution in [3.8, 4) is 5.75 Å². The van der Waals surface area contributed by atoms with Gasteiger partial charge in [0.25, 0.3) is 0 Å². The van der Waals surface area contributed by atoms with Crippen LogP contribution in [0.5, 0.6) is 5.75 Å². The fraction of sp³-hybridized carbons (Fsp3) is 0.625. The summed E-state index contributed by atoms with van der Waals surface area (Å²) < 4.78 is 32.2. The molecule has 5 heteroatoms.